The number of esters is 1. The van der Waals surface area contributed by atoms with Crippen LogP contribution in [0.2, 0.25) is 0 Å². The smallest absolute Gasteiger partial charge is 0.342 e. The number of hydrogen-bond donors (Lipinski definition) is 0. The third-order valence-electron chi connectivity index (χ3n) is 5.37. The van der Waals surface area contributed by atoms with E-state index in [1.165, 1.54) is 10.9 Å². The quantitative estimate of drug-likeness (QED) is 0.549. The molecule has 0 aliphatic carbocycles. The number of benzene rings is 1. The van der Waals surface area contributed by atoms with Gasteiger partial charge in [-0.15, -0.1) is 10.2 Å². The van der Waals surface area contributed by atoms with Gasteiger partial charge in [0.15, 0.2) is 11.9 Å². The van der Waals surface area contributed by atoms with Crippen LogP contribution < -0.4 is 9.64 Å². The first kappa shape index (κ1) is 21.5. The van der Waals surface area contributed by atoms with E-state index < -0.39 is 12.1 Å². The maximum Gasteiger partial charge on any atom is 0.342 e. The Kier molecular flexibility index (Phi) is 6.16. The third-order valence-corrected chi connectivity index (χ3v) is 5.37. The number of anilines is 1. The molecule has 0 bridgehead atoms. The molecule has 1 aliphatic heterocycles. The molecule has 0 saturated heterocycles. The van der Waals surface area contributed by atoms with Crippen molar-refractivity contribution in [2.75, 3.05) is 18.1 Å². The minimum absolute atomic E-state index is 0.243. The summed E-state index contributed by atoms with van der Waals surface area (Å²) < 4.78 is 12.3. The van der Waals surface area contributed by atoms with Crippen molar-refractivity contribution in [3.05, 3.63) is 59.4 Å². The fourth-order valence-electron chi connectivity index (χ4n) is 3.75. The fourth-order valence-corrected chi connectivity index (χ4v) is 3.75. The van der Waals surface area contributed by atoms with E-state index in [1.807, 2.05) is 31.2 Å². The van der Waals surface area contributed by atoms with E-state index in [0.29, 0.717) is 30.5 Å². The van der Waals surface area contributed by atoms with Gasteiger partial charge >= 0.3 is 5.97 Å². The summed E-state index contributed by atoms with van der Waals surface area (Å²) >= 11 is 0. The fraction of sp³-hybridized carbons (Fsp3) is 0.348. The molecule has 0 unspecified atom stereocenters. The summed E-state index contributed by atoms with van der Waals surface area (Å²) in [5.74, 6) is -0.00178. The highest BCUT2D eigenvalue weighted by molar-refractivity contribution is 6.00. The van der Waals surface area contributed by atoms with Crippen molar-refractivity contribution in [1.82, 2.24) is 20.0 Å². The monoisotopic (exact) mass is 435 g/mol. The summed E-state index contributed by atoms with van der Waals surface area (Å²) in [7, 11) is 0. The van der Waals surface area contributed by atoms with Gasteiger partial charge in [0, 0.05) is 18.3 Å². The highest BCUT2D eigenvalue weighted by Crippen LogP contribution is 2.27. The molecule has 166 valence electrons. The lowest BCUT2D eigenvalue weighted by Crippen LogP contribution is -2.42. The number of aromatic nitrogens is 4. The van der Waals surface area contributed by atoms with E-state index in [9.17, 15) is 9.59 Å². The van der Waals surface area contributed by atoms with Crippen molar-refractivity contribution in [1.29, 1.82) is 0 Å². The average molecular weight is 435 g/mol. The largest absolute Gasteiger partial charge is 0.477 e. The van der Waals surface area contributed by atoms with E-state index in [-0.39, 0.29) is 11.5 Å². The Hall–Kier alpha value is -3.75. The van der Waals surface area contributed by atoms with Crippen molar-refractivity contribution in [2.24, 2.45) is 0 Å². The lowest BCUT2D eigenvalue weighted by Gasteiger charge is -2.31. The second-order valence-corrected chi connectivity index (χ2v) is 7.49. The number of carbonyl (C=O) groups is 2. The number of nitrogens with zero attached hydrogens (tertiary/aromatic N) is 5. The van der Waals surface area contributed by atoms with Crippen LogP contribution in [0.1, 0.15) is 41.9 Å². The van der Waals surface area contributed by atoms with Gasteiger partial charge in [0.1, 0.15) is 5.56 Å². The molecular weight excluding hydrogens is 410 g/mol. The van der Waals surface area contributed by atoms with Crippen molar-refractivity contribution >= 4 is 17.6 Å². The van der Waals surface area contributed by atoms with Crippen LogP contribution >= 0.6 is 0 Å². The van der Waals surface area contributed by atoms with E-state index in [4.69, 9.17) is 9.47 Å². The molecule has 1 atom stereocenters. The number of amides is 1. The van der Waals surface area contributed by atoms with Crippen LogP contribution in [-0.4, -0.2) is 51.1 Å². The van der Waals surface area contributed by atoms with Crippen LogP contribution in [0, 0.1) is 6.92 Å². The Balaban J connectivity index is 1.47. The molecule has 3 heterocycles. The number of para-hydroxylation sites is 1. The molecule has 0 saturated carbocycles. The first-order valence-electron chi connectivity index (χ1n) is 10.6. The Morgan fingerprint density at radius 2 is 1.97 bits per heavy atom. The molecule has 1 aliphatic rings. The summed E-state index contributed by atoms with van der Waals surface area (Å²) in [6.45, 7) is 6.28. The van der Waals surface area contributed by atoms with Gasteiger partial charge in [-0.1, -0.05) is 18.2 Å². The maximum absolute atomic E-state index is 13.0. The van der Waals surface area contributed by atoms with E-state index >= 15 is 0 Å². The maximum atomic E-state index is 13.0. The molecule has 9 nitrogen and oxygen atoms in total. The predicted octanol–water partition coefficient (Wildman–Crippen LogP) is 2.89. The van der Waals surface area contributed by atoms with Crippen molar-refractivity contribution in [2.45, 2.75) is 39.7 Å². The van der Waals surface area contributed by atoms with Gasteiger partial charge < -0.3 is 14.4 Å². The van der Waals surface area contributed by atoms with Gasteiger partial charge in [-0.05, 0) is 51.3 Å². The SMILES string of the molecule is CCOc1ccc(-n2ncc(C(=O)O[C@@H](C)C(=O)N3CCCc4ccccc43)c2C)nn1. The van der Waals surface area contributed by atoms with Gasteiger partial charge in [-0.3, -0.25) is 4.79 Å². The number of ether oxygens (including phenoxy) is 2. The Labute approximate surface area is 186 Å². The molecule has 4 rings (SSSR count). The van der Waals surface area contributed by atoms with E-state index in [2.05, 4.69) is 15.3 Å². The van der Waals surface area contributed by atoms with Crippen LogP contribution in [0.25, 0.3) is 5.82 Å². The van der Waals surface area contributed by atoms with Crippen molar-refractivity contribution < 1.29 is 19.1 Å². The van der Waals surface area contributed by atoms with Crippen molar-refractivity contribution in [3.63, 3.8) is 0 Å². The highest BCUT2D eigenvalue weighted by Gasteiger charge is 2.29. The van der Waals surface area contributed by atoms with Crippen LogP contribution in [0.4, 0.5) is 5.69 Å². The zero-order chi connectivity index (χ0) is 22.7. The summed E-state index contributed by atoms with van der Waals surface area (Å²) in [6.07, 6.45) is 2.28. The minimum Gasteiger partial charge on any atom is -0.477 e. The second kappa shape index (κ2) is 9.17. The van der Waals surface area contributed by atoms with Gasteiger partial charge in [0.05, 0.1) is 18.5 Å². The topological polar surface area (TPSA) is 99.4 Å². The van der Waals surface area contributed by atoms with Gasteiger partial charge in [0.25, 0.3) is 5.91 Å². The molecule has 1 amide bonds. The zero-order valence-corrected chi connectivity index (χ0v) is 18.3. The lowest BCUT2D eigenvalue weighted by atomic mass is 10.0. The van der Waals surface area contributed by atoms with E-state index in [1.54, 1.807) is 30.9 Å². The highest BCUT2D eigenvalue weighted by atomic mass is 16.5. The number of hydrogen-bond acceptors (Lipinski definition) is 7. The molecule has 0 fully saturated rings. The van der Waals surface area contributed by atoms with Gasteiger partial charge in [-0.2, -0.15) is 5.10 Å². The molecule has 0 radical (unpaired) electrons. The number of fused-ring (bicyclic) bond motifs is 1. The van der Waals surface area contributed by atoms with Crippen LogP contribution in [0.5, 0.6) is 5.88 Å². The lowest BCUT2D eigenvalue weighted by molar-refractivity contribution is -0.126. The average Bonchev–Trinajstić information content (AvgIpc) is 3.20. The standard InChI is InChI=1S/C23H25N5O4/c1-4-31-21-12-11-20(25-26-21)28-15(2)18(14-24-28)23(30)32-16(3)22(29)27-13-7-9-17-8-5-6-10-19(17)27/h5-6,8,10-12,14,16H,4,7,9,13H2,1-3H3/t16-/m0/s1. The third kappa shape index (κ3) is 4.18. The van der Waals surface area contributed by atoms with Crippen LogP contribution in [0.15, 0.2) is 42.6 Å². The Bertz CT molecular complexity index is 1130. The molecule has 0 N–H and O–H groups in total. The molecule has 3 aromatic rings. The number of aryl methyl sites for hydroxylation is 1. The molecular formula is C23H25N5O4. The number of rotatable bonds is 6. The number of carbonyl (C=O) groups excluding carboxylic acids is 2. The summed E-state index contributed by atoms with van der Waals surface area (Å²) in [5.41, 5.74) is 2.81. The summed E-state index contributed by atoms with van der Waals surface area (Å²) in [4.78, 5) is 27.5. The molecule has 1 aromatic carbocycles. The Morgan fingerprint density at radius 3 is 2.72 bits per heavy atom. The van der Waals surface area contributed by atoms with Gasteiger partial charge in [-0.25, -0.2) is 9.48 Å². The molecule has 9 heteroatoms. The van der Waals surface area contributed by atoms with Crippen LogP contribution in [0.3, 0.4) is 0 Å². The van der Waals surface area contributed by atoms with Crippen LogP contribution in [-0.2, 0) is 16.0 Å². The van der Waals surface area contributed by atoms with E-state index in [0.717, 1.165) is 24.1 Å². The first-order valence-corrected chi connectivity index (χ1v) is 10.6. The van der Waals surface area contributed by atoms with Gasteiger partial charge in [0.2, 0.25) is 5.88 Å². The molecule has 32 heavy (non-hydrogen) atoms. The Morgan fingerprint density at radius 1 is 1.16 bits per heavy atom. The molecule has 2 aromatic heterocycles. The summed E-state index contributed by atoms with van der Waals surface area (Å²) in [6, 6.07) is 11.2. The van der Waals surface area contributed by atoms with Crippen molar-refractivity contribution in [3.8, 4) is 11.7 Å². The normalized spacial score (nSPS) is 13.9. The predicted molar refractivity (Wildman–Crippen MR) is 117 cm³/mol. The minimum atomic E-state index is -0.929. The zero-order valence-electron chi connectivity index (χ0n) is 18.3. The summed E-state index contributed by atoms with van der Waals surface area (Å²) in [5, 5.41) is 12.3. The molecule has 0 spiro atoms. The second-order valence-electron chi connectivity index (χ2n) is 7.49. The first-order chi connectivity index (χ1) is 15.5.